The first kappa shape index (κ1) is 7.56. The summed E-state index contributed by atoms with van der Waals surface area (Å²) in [5.74, 6) is 2.75. The van der Waals surface area contributed by atoms with Crippen LogP contribution in [0.15, 0.2) is 0 Å². The van der Waals surface area contributed by atoms with Crippen molar-refractivity contribution in [2.45, 2.75) is 12.8 Å². The molecule has 1 saturated carbocycles. The monoisotopic (exact) mass is 154 g/mol. The molecule has 2 aliphatic rings. The van der Waals surface area contributed by atoms with Gasteiger partial charge in [0.15, 0.2) is 0 Å². The summed E-state index contributed by atoms with van der Waals surface area (Å²) in [7, 11) is 2.23. The van der Waals surface area contributed by atoms with Crippen LogP contribution in [0.5, 0.6) is 0 Å². The minimum Gasteiger partial charge on any atom is -0.330 e. The van der Waals surface area contributed by atoms with E-state index in [1.165, 1.54) is 25.9 Å². The average molecular weight is 154 g/mol. The molecule has 0 radical (unpaired) electrons. The van der Waals surface area contributed by atoms with Gasteiger partial charge in [-0.3, -0.25) is 0 Å². The molecule has 0 aromatic rings. The van der Waals surface area contributed by atoms with Gasteiger partial charge in [0.2, 0.25) is 0 Å². The van der Waals surface area contributed by atoms with E-state index in [1.807, 2.05) is 0 Å². The molecule has 1 saturated heterocycles. The van der Waals surface area contributed by atoms with Gasteiger partial charge in [0, 0.05) is 13.1 Å². The first-order chi connectivity index (χ1) is 5.31. The number of hydrogen-bond acceptors (Lipinski definition) is 2. The molecule has 0 spiro atoms. The average Bonchev–Trinajstić information content (AvgIpc) is 2.45. The first-order valence-electron chi connectivity index (χ1n) is 4.70. The Morgan fingerprint density at radius 1 is 1.36 bits per heavy atom. The Hall–Kier alpha value is -0.0800. The summed E-state index contributed by atoms with van der Waals surface area (Å²) in [5.41, 5.74) is 5.72. The zero-order valence-corrected chi connectivity index (χ0v) is 7.29. The summed E-state index contributed by atoms with van der Waals surface area (Å²) in [6, 6.07) is 0. The van der Waals surface area contributed by atoms with Crippen molar-refractivity contribution in [3.63, 3.8) is 0 Å². The summed E-state index contributed by atoms with van der Waals surface area (Å²) in [5, 5.41) is 0. The Kier molecular flexibility index (Phi) is 1.90. The zero-order valence-electron chi connectivity index (χ0n) is 7.29. The molecule has 0 amide bonds. The van der Waals surface area contributed by atoms with Crippen molar-refractivity contribution in [3.05, 3.63) is 0 Å². The molecule has 2 fully saturated rings. The van der Waals surface area contributed by atoms with Crippen molar-refractivity contribution in [3.8, 4) is 0 Å². The van der Waals surface area contributed by atoms with E-state index >= 15 is 0 Å². The minimum absolute atomic E-state index is 0.838. The van der Waals surface area contributed by atoms with Crippen LogP contribution in [0.1, 0.15) is 12.8 Å². The van der Waals surface area contributed by atoms with Gasteiger partial charge in [-0.25, -0.2) is 0 Å². The summed E-state index contributed by atoms with van der Waals surface area (Å²) in [6.07, 6.45) is 2.82. The molecular formula is C9H18N2. The van der Waals surface area contributed by atoms with Crippen molar-refractivity contribution in [2.75, 3.05) is 26.7 Å². The molecule has 2 rings (SSSR count). The van der Waals surface area contributed by atoms with Crippen LogP contribution in [0, 0.1) is 17.8 Å². The lowest BCUT2D eigenvalue weighted by atomic mass is 9.93. The van der Waals surface area contributed by atoms with E-state index in [0.29, 0.717) is 0 Å². The maximum absolute atomic E-state index is 5.72. The van der Waals surface area contributed by atoms with Crippen molar-refractivity contribution >= 4 is 0 Å². The normalized spacial score (nSPS) is 44.7. The molecule has 64 valence electrons. The Morgan fingerprint density at radius 3 is 2.91 bits per heavy atom. The number of nitrogens with two attached hydrogens (primary N) is 1. The summed E-state index contributed by atoms with van der Waals surface area (Å²) < 4.78 is 0. The lowest BCUT2D eigenvalue weighted by Gasteiger charge is -2.16. The van der Waals surface area contributed by atoms with Crippen LogP contribution in [0.25, 0.3) is 0 Å². The van der Waals surface area contributed by atoms with Gasteiger partial charge in [0.05, 0.1) is 0 Å². The molecule has 0 bridgehead atoms. The van der Waals surface area contributed by atoms with Gasteiger partial charge in [-0.15, -0.1) is 0 Å². The topological polar surface area (TPSA) is 29.3 Å². The van der Waals surface area contributed by atoms with Crippen molar-refractivity contribution < 1.29 is 0 Å². The molecule has 1 aliphatic heterocycles. The molecule has 3 unspecified atom stereocenters. The highest BCUT2D eigenvalue weighted by molar-refractivity contribution is 4.92. The van der Waals surface area contributed by atoms with E-state index in [9.17, 15) is 0 Å². The van der Waals surface area contributed by atoms with E-state index in [-0.39, 0.29) is 0 Å². The number of fused-ring (bicyclic) bond motifs is 1. The minimum atomic E-state index is 0.838. The Morgan fingerprint density at radius 2 is 2.18 bits per heavy atom. The molecular weight excluding hydrogens is 136 g/mol. The molecule has 3 atom stereocenters. The number of likely N-dealkylation sites (tertiary alicyclic amines) is 1. The fourth-order valence-electron chi connectivity index (χ4n) is 2.89. The van der Waals surface area contributed by atoms with Crippen molar-refractivity contribution in [1.29, 1.82) is 0 Å². The molecule has 2 N–H and O–H groups in total. The lowest BCUT2D eigenvalue weighted by Crippen LogP contribution is -2.23. The van der Waals surface area contributed by atoms with Crippen LogP contribution in [0.4, 0.5) is 0 Å². The standard InChI is InChI=1S/C9H18N2/c1-11-5-8-3-2-7(4-10)9(8)6-11/h7-9H,2-6,10H2,1H3. The highest BCUT2D eigenvalue weighted by Crippen LogP contribution is 2.40. The van der Waals surface area contributed by atoms with E-state index < -0.39 is 0 Å². The summed E-state index contributed by atoms with van der Waals surface area (Å²) in [6.45, 7) is 3.53. The largest absolute Gasteiger partial charge is 0.330 e. The van der Waals surface area contributed by atoms with Gasteiger partial charge in [-0.2, -0.15) is 0 Å². The van der Waals surface area contributed by atoms with Gasteiger partial charge in [-0.05, 0) is 44.2 Å². The van der Waals surface area contributed by atoms with Crippen molar-refractivity contribution in [2.24, 2.45) is 23.5 Å². The van der Waals surface area contributed by atoms with Gasteiger partial charge < -0.3 is 10.6 Å². The maximum atomic E-state index is 5.72. The predicted molar refractivity (Wildman–Crippen MR) is 46.3 cm³/mol. The second-order valence-electron chi connectivity index (χ2n) is 4.22. The van der Waals surface area contributed by atoms with E-state index in [2.05, 4.69) is 11.9 Å². The predicted octanol–water partition coefficient (Wildman–Crippen LogP) is 0.533. The zero-order chi connectivity index (χ0) is 7.84. The van der Waals surface area contributed by atoms with Crippen LogP contribution < -0.4 is 5.73 Å². The quantitative estimate of drug-likeness (QED) is 0.597. The number of nitrogens with zero attached hydrogens (tertiary/aromatic N) is 1. The maximum Gasteiger partial charge on any atom is 0.00130 e. The van der Waals surface area contributed by atoms with E-state index in [4.69, 9.17) is 5.73 Å². The number of rotatable bonds is 1. The highest BCUT2D eigenvalue weighted by atomic mass is 15.1. The fraction of sp³-hybridized carbons (Fsp3) is 1.00. The third-order valence-electron chi connectivity index (χ3n) is 3.49. The van der Waals surface area contributed by atoms with Crippen LogP contribution in [-0.4, -0.2) is 31.6 Å². The molecule has 2 heteroatoms. The second kappa shape index (κ2) is 2.76. The summed E-state index contributed by atoms with van der Waals surface area (Å²) >= 11 is 0. The molecule has 0 aromatic heterocycles. The second-order valence-corrected chi connectivity index (χ2v) is 4.22. The summed E-state index contributed by atoms with van der Waals surface area (Å²) in [4.78, 5) is 2.46. The van der Waals surface area contributed by atoms with Crippen LogP contribution in [-0.2, 0) is 0 Å². The van der Waals surface area contributed by atoms with E-state index in [0.717, 1.165) is 24.3 Å². The molecule has 11 heavy (non-hydrogen) atoms. The van der Waals surface area contributed by atoms with E-state index in [1.54, 1.807) is 0 Å². The van der Waals surface area contributed by atoms with Gasteiger partial charge in [-0.1, -0.05) is 0 Å². The smallest absolute Gasteiger partial charge is 0.00130 e. The Bertz CT molecular complexity index is 144. The van der Waals surface area contributed by atoms with Crippen LogP contribution in [0.2, 0.25) is 0 Å². The first-order valence-corrected chi connectivity index (χ1v) is 4.70. The SMILES string of the molecule is CN1CC2CCC(CN)C2C1. The Balaban J connectivity index is 2.01. The highest BCUT2D eigenvalue weighted by Gasteiger charge is 2.40. The molecule has 1 aliphatic carbocycles. The third-order valence-corrected chi connectivity index (χ3v) is 3.49. The molecule has 0 aromatic carbocycles. The third kappa shape index (κ3) is 1.18. The van der Waals surface area contributed by atoms with Gasteiger partial charge >= 0.3 is 0 Å². The van der Waals surface area contributed by atoms with Gasteiger partial charge in [0.25, 0.3) is 0 Å². The molecule has 2 nitrogen and oxygen atoms in total. The lowest BCUT2D eigenvalue weighted by molar-refractivity contribution is 0.337. The number of hydrogen-bond donors (Lipinski definition) is 1. The Labute approximate surface area is 68.7 Å². The molecule has 1 heterocycles. The van der Waals surface area contributed by atoms with Crippen LogP contribution in [0.3, 0.4) is 0 Å². The van der Waals surface area contributed by atoms with Gasteiger partial charge in [0.1, 0.15) is 0 Å². The van der Waals surface area contributed by atoms with Crippen molar-refractivity contribution in [1.82, 2.24) is 4.90 Å². The van der Waals surface area contributed by atoms with Crippen LogP contribution >= 0.6 is 0 Å². The fourth-order valence-corrected chi connectivity index (χ4v) is 2.89.